The van der Waals surface area contributed by atoms with Crippen molar-refractivity contribution >= 4 is 12.6 Å². The van der Waals surface area contributed by atoms with Crippen LogP contribution in [0, 0.1) is 0 Å². The van der Waals surface area contributed by atoms with E-state index in [1.54, 1.807) is 0 Å². The molecule has 2 aliphatic carbocycles. The van der Waals surface area contributed by atoms with Crippen LogP contribution in [0.4, 0.5) is 0 Å². The summed E-state index contributed by atoms with van der Waals surface area (Å²) in [5.41, 5.74) is 3.71. The lowest BCUT2D eigenvalue weighted by atomic mass is 9.67. The van der Waals surface area contributed by atoms with Gasteiger partial charge < -0.3 is 9.78 Å². The van der Waals surface area contributed by atoms with Gasteiger partial charge >= 0.3 is 7.12 Å². The standard InChI is InChI=1S/C18H28BNO2/c20-22-19(21)17-13-7-12-16(14-8-3-1-4-9-14)18(17)15-10-5-2-6-11-15/h7,12-15,21H,1-6,8-11,20H2. The van der Waals surface area contributed by atoms with Gasteiger partial charge in [-0.3, -0.25) is 0 Å². The molecule has 3 rings (SSSR count). The van der Waals surface area contributed by atoms with Crippen LogP contribution in [0.3, 0.4) is 0 Å². The average Bonchev–Trinajstić information content (AvgIpc) is 2.62. The van der Waals surface area contributed by atoms with E-state index in [0.29, 0.717) is 11.8 Å². The molecule has 0 spiro atoms. The van der Waals surface area contributed by atoms with E-state index < -0.39 is 7.12 Å². The molecular weight excluding hydrogens is 273 g/mol. The smallest absolute Gasteiger partial charge is 0.422 e. The lowest BCUT2D eigenvalue weighted by molar-refractivity contribution is 0.280. The van der Waals surface area contributed by atoms with E-state index in [-0.39, 0.29) is 0 Å². The molecule has 0 aromatic heterocycles. The van der Waals surface area contributed by atoms with Crippen LogP contribution in [0.2, 0.25) is 0 Å². The van der Waals surface area contributed by atoms with Crippen molar-refractivity contribution in [3.05, 3.63) is 29.3 Å². The first-order chi connectivity index (χ1) is 10.8. The number of hydrogen-bond acceptors (Lipinski definition) is 3. The highest BCUT2D eigenvalue weighted by Crippen LogP contribution is 2.40. The Bertz CT molecular complexity index is 482. The van der Waals surface area contributed by atoms with Gasteiger partial charge in [-0.05, 0) is 54.1 Å². The van der Waals surface area contributed by atoms with Crippen molar-refractivity contribution < 1.29 is 9.78 Å². The van der Waals surface area contributed by atoms with Crippen LogP contribution in [-0.2, 0) is 4.76 Å². The van der Waals surface area contributed by atoms with Crippen molar-refractivity contribution in [1.82, 2.24) is 0 Å². The summed E-state index contributed by atoms with van der Waals surface area (Å²) >= 11 is 0. The van der Waals surface area contributed by atoms with E-state index >= 15 is 0 Å². The Hall–Kier alpha value is -0.835. The van der Waals surface area contributed by atoms with Crippen molar-refractivity contribution in [3.8, 4) is 0 Å². The summed E-state index contributed by atoms with van der Waals surface area (Å²) in [6.07, 6.45) is 13.0. The summed E-state index contributed by atoms with van der Waals surface area (Å²) in [4.78, 5) is 0. The van der Waals surface area contributed by atoms with Gasteiger partial charge in [0, 0.05) is 0 Å². The maximum atomic E-state index is 10.2. The molecule has 1 aromatic rings. The Morgan fingerprint density at radius 1 is 0.909 bits per heavy atom. The lowest BCUT2D eigenvalue weighted by Gasteiger charge is -2.31. The van der Waals surface area contributed by atoms with Gasteiger partial charge in [-0.15, -0.1) is 0 Å². The van der Waals surface area contributed by atoms with Crippen LogP contribution in [0.1, 0.15) is 87.2 Å². The van der Waals surface area contributed by atoms with E-state index in [1.807, 2.05) is 6.07 Å². The molecular formula is C18H28BNO2. The highest BCUT2D eigenvalue weighted by Gasteiger charge is 2.30. The first-order valence-electron chi connectivity index (χ1n) is 8.97. The Labute approximate surface area is 134 Å². The molecule has 0 amide bonds. The maximum absolute atomic E-state index is 10.2. The normalized spacial score (nSPS) is 21.0. The number of nitrogens with two attached hydrogens (primary N) is 1. The van der Waals surface area contributed by atoms with E-state index in [2.05, 4.69) is 12.1 Å². The molecule has 0 saturated heterocycles. The minimum Gasteiger partial charge on any atom is -0.422 e. The van der Waals surface area contributed by atoms with Crippen molar-refractivity contribution in [2.75, 3.05) is 0 Å². The first kappa shape index (κ1) is 16.0. The third-order valence-electron chi connectivity index (χ3n) is 5.63. The highest BCUT2D eigenvalue weighted by atomic mass is 16.6. The zero-order valence-electron chi connectivity index (χ0n) is 13.5. The van der Waals surface area contributed by atoms with Crippen LogP contribution in [0.25, 0.3) is 0 Å². The van der Waals surface area contributed by atoms with E-state index in [0.717, 1.165) is 5.46 Å². The first-order valence-corrected chi connectivity index (χ1v) is 8.97. The number of rotatable bonds is 4. The van der Waals surface area contributed by atoms with Crippen molar-refractivity contribution in [1.29, 1.82) is 0 Å². The Morgan fingerprint density at radius 2 is 1.50 bits per heavy atom. The quantitative estimate of drug-likeness (QED) is 0.662. The van der Waals surface area contributed by atoms with Gasteiger partial charge in [0.15, 0.2) is 0 Å². The van der Waals surface area contributed by atoms with Gasteiger partial charge in [0.25, 0.3) is 0 Å². The Balaban J connectivity index is 1.99. The molecule has 0 aliphatic heterocycles. The van der Waals surface area contributed by atoms with Crippen LogP contribution in [-0.4, -0.2) is 12.1 Å². The molecule has 4 heteroatoms. The minimum absolute atomic E-state index is 0.562. The van der Waals surface area contributed by atoms with Gasteiger partial charge in [0.05, 0.1) is 0 Å². The van der Waals surface area contributed by atoms with Crippen LogP contribution in [0.5, 0.6) is 0 Å². The SMILES string of the molecule is NOB(O)c1cccc(C2CCCCC2)c1C1CCCCC1. The van der Waals surface area contributed by atoms with Crippen molar-refractivity contribution in [2.24, 2.45) is 5.90 Å². The largest absolute Gasteiger partial charge is 0.508 e. The fourth-order valence-electron chi connectivity index (χ4n) is 4.52. The summed E-state index contributed by atoms with van der Waals surface area (Å²) < 4.78 is 4.77. The van der Waals surface area contributed by atoms with E-state index in [4.69, 9.17) is 10.7 Å². The second kappa shape index (κ2) is 7.63. The maximum Gasteiger partial charge on any atom is 0.508 e. The van der Waals surface area contributed by atoms with Crippen molar-refractivity contribution in [2.45, 2.75) is 76.0 Å². The van der Waals surface area contributed by atoms with Gasteiger partial charge in [-0.25, -0.2) is 5.90 Å². The van der Waals surface area contributed by atoms with Gasteiger partial charge in [-0.2, -0.15) is 0 Å². The third-order valence-corrected chi connectivity index (χ3v) is 5.63. The van der Waals surface area contributed by atoms with Crippen LogP contribution < -0.4 is 11.4 Å². The fraction of sp³-hybridized carbons (Fsp3) is 0.667. The highest BCUT2D eigenvalue weighted by molar-refractivity contribution is 6.60. The molecule has 3 nitrogen and oxygen atoms in total. The van der Waals surface area contributed by atoms with Crippen LogP contribution in [0.15, 0.2) is 18.2 Å². The zero-order valence-corrected chi connectivity index (χ0v) is 13.5. The predicted octanol–water partition coefficient (Wildman–Crippen LogP) is 3.36. The average molecular weight is 301 g/mol. The summed E-state index contributed by atoms with van der Waals surface area (Å²) in [7, 11) is -1.000. The molecule has 2 fully saturated rings. The minimum atomic E-state index is -1.000. The summed E-state index contributed by atoms with van der Waals surface area (Å²) in [6, 6.07) is 6.34. The molecule has 2 aliphatic rings. The molecule has 0 atom stereocenters. The van der Waals surface area contributed by atoms with Gasteiger partial charge in [0.2, 0.25) is 0 Å². The molecule has 0 bridgehead atoms. The fourth-order valence-corrected chi connectivity index (χ4v) is 4.52. The van der Waals surface area contributed by atoms with E-state index in [1.165, 1.54) is 75.3 Å². The lowest BCUT2D eigenvalue weighted by Crippen LogP contribution is -2.40. The number of hydrogen-bond donors (Lipinski definition) is 2. The predicted molar refractivity (Wildman–Crippen MR) is 91.0 cm³/mol. The molecule has 1 aromatic carbocycles. The summed E-state index contributed by atoms with van der Waals surface area (Å²) in [5, 5.41) is 10.2. The monoisotopic (exact) mass is 301 g/mol. The Morgan fingerprint density at radius 3 is 2.09 bits per heavy atom. The molecule has 0 heterocycles. The Kier molecular flexibility index (Phi) is 5.56. The van der Waals surface area contributed by atoms with E-state index in [9.17, 15) is 5.02 Å². The second-order valence-electron chi connectivity index (χ2n) is 7.01. The van der Waals surface area contributed by atoms with Gasteiger partial charge in [0.1, 0.15) is 0 Å². The summed E-state index contributed by atoms with van der Waals surface area (Å²) in [5.74, 6) is 6.49. The zero-order chi connectivity index (χ0) is 15.4. The molecule has 0 radical (unpaired) electrons. The molecule has 22 heavy (non-hydrogen) atoms. The second-order valence-corrected chi connectivity index (χ2v) is 7.01. The third kappa shape index (κ3) is 3.39. The van der Waals surface area contributed by atoms with Crippen molar-refractivity contribution in [3.63, 3.8) is 0 Å². The topological polar surface area (TPSA) is 55.5 Å². The molecule has 120 valence electrons. The number of benzene rings is 1. The molecule has 2 saturated carbocycles. The molecule has 0 unspecified atom stereocenters. The summed E-state index contributed by atoms with van der Waals surface area (Å²) in [6.45, 7) is 0. The van der Waals surface area contributed by atoms with Gasteiger partial charge in [-0.1, -0.05) is 56.7 Å². The molecule has 3 N–H and O–H groups in total. The van der Waals surface area contributed by atoms with Crippen LogP contribution >= 0.6 is 0 Å².